The lowest BCUT2D eigenvalue weighted by atomic mass is 9.74. The fourth-order valence-electron chi connectivity index (χ4n) is 4.68. The van der Waals surface area contributed by atoms with E-state index >= 15 is 0 Å². The number of aromatic nitrogens is 1. The van der Waals surface area contributed by atoms with E-state index in [-0.39, 0.29) is 30.3 Å². The highest BCUT2D eigenvalue weighted by molar-refractivity contribution is 5.84. The molecule has 0 bridgehead atoms. The number of nitrogens with zero attached hydrogens (tertiary/aromatic N) is 2. The van der Waals surface area contributed by atoms with Crippen molar-refractivity contribution in [3.05, 3.63) is 22.9 Å². The average molecular weight is 429 g/mol. The second-order valence-corrected chi connectivity index (χ2v) is 8.33. The van der Waals surface area contributed by atoms with Crippen molar-refractivity contribution < 1.29 is 32.6 Å². The van der Waals surface area contributed by atoms with Gasteiger partial charge in [0.1, 0.15) is 5.69 Å². The minimum absolute atomic E-state index is 0.0373. The monoisotopic (exact) mass is 429 g/mol. The quantitative estimate of drug-likeness (QED) is 0.765. The summed E-state index contributed by atoms with van der Waals surface area (Å²) < 4.78 is 44.8. The molecule has 1 aromatic heterocycles. The van der Waals surface area contributed by atoms with Gasteiger partial charge in [0.25, 0.3) is 0 Å². The molecule has 7 nitrogen and oxygen atoms in total. The SMILES string of the molecule is COc1nc(C(F)(F)F)cc2c1CCN(C(=O)[C@@]1(C(C)C)CCC(NC(=O)O)C1)C2. The van der Waals surface area contributed by atoms with Gasteiger partial charge in [-0.2, -0.15) is 13.2 Å². The molecule has 10 heteroatoms. The van der Waals surface area contributed by atoms with Gasteiger partial charge in [-0.3, -0.25) is 4.79 Å². The molecule has 2 aliphatic rings. The topological polar surface area (TPSA) is 91.8 Å². The largest absolute Gasteiger partial charge is 0.481 e. The summed E-state index contributed by atoms with van der Waals surface area (Å²) in [6.07, 6.45) is -3.93. The highest BCUT2D eigenvalue weighted by Gasteiger charge is 2.50. The molecule has 1 aliphatic carbocycles. The molecule has 30 heavy (non-hydrogen) atoms. The number of methoxy groups -OCH3 is 1. The molecule has 2 atom stereocenters. The summed E-state index contributed by atoms with van der Waals surface area (Å²) in [7, 11) is 1.28. The number of carbonyl (C=O) groups excluding carboxylic acids is 1. The van der Waals surface area contributed by atoms with Gasteiger partial charge in [0.15, 0.2) is 0 Å². The van der Waals surface area contributed by atoms with Crippen molar-refractivity contribution in [2.45, 2.75) is 58.3 Å². The van der Waals surface area contributed by atoms with Crippen LogP contribution < -0.4 is 10.1 Å². The maximum atomic E-state index is 13.5. The number of hydrogen-bond acceptors (Lipinski definition) is 4. The summed E-state index contributed by atoms with van der Waals surface area (Å²) in [6, 6.07) is 0.676. The van der Waals surface area contributed by atoms with Gasteiger partial charge in [0.05, 0.1) is 12.5 Å². The van der Waals surface area contributed by atoms with Crippen molar-refractivity contribution in [3.63, 3.8) is 0 Å². The molecule has 1 aliphatic heterocycles. The Bertz CT molecular complexity index is 843. The Kier molecular flexibility index (Phi) is 5.88. The summed E-state index contributed by atoms with van der Waals surface area (Å²) in [5.74, 6) is -0.232. The Balaban J connectivity index is 1.88. The fraction of sp³-hybridized carbons (Fsp3) is 0.650. The molecular formula is C20H26F3N3O4. The highest BCUT2D eigenvalue weighted by atomic mass is 19.4. The van der Waals surface area contributed by atoms with Crippen LogP contribution in [0.25, 0.3) is 0 Å². The zero-order valence-corrected chi connectivity index (χ0v) is 17.2. The molecule has 1 aromatic rings. The number of rotatable bonds is 4. The lowest BCUT2D eigenvalue weighted by Crippen LogP contribution is -2.48. The summed E-state index contributed by atoms with van der Waals surface area (Å²) in [5.41, 5.74) is -0.817. The minimum atomic E-state index is -4.62. The number of amides is 2. The molecule has 1 saturated carbocycles. The molecule has 0 radical (unpaired) electrons. The van der Waals surface area contributed by atoms with Crippen molar-refractivity contribution in [2.24, 2.45) is 11.3 Å². The number of alkyl halides is 3. The Morgan fingerprint density at radius 2 is 2.10 bits per heavy atom. The van der Waals surface area contributed by atoms with Crippen LogP contribution in [0.1, 0.15) is 49.9 Å². The number of hydrogen-bond donors (Lipinski definition) is 2. The molecule has 2 N–H and O–H groups in total. The van der Waals surface area contributed by atoms with Crippen LogP contribution in [-0.4, -0.2) is 46.7 Å². The maximum Gasteiger partial charge on any atom is 0.433 e. The van der Waals surface area contributed by atoms with Gasteiger partial charge >= 0.3 is 12.3 Å². The number of carboxylic acid groups (broad SMARTS) is 1. The van der Waals surface area contributed by atoms with E-state index in [9.17, 15) is 22.8 Å². The van der Waals surface area contributed by atoms with Gasteiger partial charge < -0.3 is 20.1 Å². The van der Waals surface area contributed by atoms with Crippen molar-refractivity contribution in [1.82, 2.24) is 15.2 Å². The second kappa shape index (κ2) is 7.96. The molecule has 1 unspecified atom stereocenters. The van der Waals surface area contributed by atoms with Gasteiger partial charge in [-0.1, -0.05) is 13.8 Å². The van der Waals surface area contributed by atoms with E-state index in [2.05, 4.69) is 10.3 Å². The third kappa shape index (κ3) is 4.04. The summed E-state index contributed by atoms with van der Waals surface area (Å²) in [4.78, 5) is 29.7. The van der Waals surface area contributed by atoms with Gasteiger partial charge in [0, 0.05) is 24.7 Å². The molecule has 166 valence electrons. The Morgan fingerprint density at radius 1 is 1.40 bits per heavy atom. The Labute approximate surface area is 172 Å². The maximum absolute atomic E-state index is 13.5. The average Bonchev–Trinajstić information content (AvgIpc) is 3.09. The first-order valence-corrected chi connectivity index (χ1v) is 9.90. The van der Waals surface area contributed by atoms with Crippen LogP contribution in [0, 0.1) is 11.3 Å². The second-order valence-electron chi connectivity index (χ2n) is 8.33. The number of carbonyl (C=O) groups is 2. The lowest BCUT2D eigenvalue weighted by molar-refractivity contribution is -0.146. The van der Waals surface area contributed by atoms with E-state index in [1.807, 2.05) is 13.8 Å². The fourth-order valence-corrected chi connectivity index (χ4v) is 4.68. The molecule has 3 rings (SSSR count). The van der Waals surface area contributed by atoms with Gasteiger partial charge in [0.2, 0.25) is 11.8 Å². The first kappa shape index (κ1) is 22.2. The smallest absolute Gasteiger partial charge is 0.433 e. The van der Waals surface area contributed by atoms with Gasteiger partial charge in [-0.25, -0.2) is 9.78 Å². The molecule has 2 amide bonds. The lowest BCUT2D eigenvalue weighted by Gasteiger charge is -2.39. The minimum Gasteiger partial charge on any atom is -0.481 e. The third-order valence-corrected chi connectivity index (χ3v) is 6.35. The number of pyridine rings is 1. The normalized spacial score (nSPS) is 24.0. The van der Waals surface area contributed by atoms with Crippen LogP contribution >= 0.6 is 0 Å². The Hall–Kier alpha value is -2.52. The van der Waals surface area contributed by atoms with Gasteiger partial charge in [-0.15, -0.1) is 0 Å². The first-order chi connectivity index (χ1) is 14.0. The van der Waals surface area contributed by atoms with Crippen molar-refractivity contribution in [2.75, 3.05) is 13.7 Å². The summed E-state index contributed by atoms with van der Waals surface area (Å²) >= 11 is 0. The third-order valence-electron chi connectivity index (χ3n) is 6.35. The standard InChI is InChI=1S/C20H26F3N3O4/c1-11(2)19(6-4-13(9-19)24-18(28)29)17(27)26-7-5-14-12(10-26)8-15(20(21,22)23)25-16(14)30-3/h8,11,13,24H,4-7,9-10H2,1-3H3,(H,28,29)/t13?,19-/m0/s1. The number of nitrogens with one attached hydrogen (secondary N) is 1. The summed E-state index contributed by atoms with van der Waals surface area (Å²) in [6.45, 7) is 4.24. The van der Waals surface area contributed by atoms with Gasteiger partial charge in [-0.05, 0) is 43.2 Å². The zero-order valence-electron chi connectivity index (χ0n) is 17.2. The van der Waals surface area contributed by atoms with E-state index in [4.69, 9.17) is 9.84 Å². The van der Waals surface area contributed by atoms with Crippen molar-refractivity contribution in [1.29, 1.82) is 0 Å². The molecule has 0 spiro atoms. The molecule has 1 fully saturated rings. The van der Waals surface area contributed by atoms with E-state index in [0.29, 0.717) is 43.4 Å². The van der Waals surface area contributed by atoms with E-state index in [1.165, 1.54) is 7.11 Å². The van der Waals surface area contributed by atoms with Crippen LogP contribution in [-0.2, 0) is 23.9 Å². The predicted octanol–water partition coefficient (Wildman–Crippen LogP) is 3.46. The van der Waals surface area contributed by atoms with Crippen LogP contribution in [0.4, 0.5) is 18.0 Å². The molecule has 2 heterocycles. The van der Waals surface area contributed by atoms with Crippen LogP contribution in [0.5, 0.6) is 5.88 Å². The first-order valence-electron chi connectivity index (χ1n) is 9.90. The molecular weight excluding hydrogens is 403 g/mol. The predicted molar refractivity (Wildman–Crippen MR) is 101 cm³/mol. The van der Waals surface area contributed by atoms with Crippen LogP contribution in [0.3, 0.4) is 0 Å². The van der Waals surface area contributed by atoms with E-state index in [0.717, 1.165) is 6.07 Å². The van der Waals surface area contributed by atoms with Crippen LogP contribution in [0.2, 0.25) is 0 Å². The summed E-state index contributed by atoms with van der Waals surface area (Å²) in [5, 5.41) is 11.5. The molecule has 0 saturated heterocycles. The zero-order chi connectivity index (χ0) is 22.3. The number of halogens is 3. The van der Waals surface area contributed by atoms with E-state index in [1.54, 1.807) is 4.90 Å². The number of fused-ring (bicyclic) bond motifs is 1. The van der Waals surface area contributed by atoms with Crippen molar-refractivity contribution in [3.8, 4) is 5.88 Å². The number of ether oxygens (including phenoxy) is 1. The Morgan fingerprint density at radius 3 is 2.67 bits per heavy atom. The van der Waals surface area contributed by atoms with Crippen molar-refractivity contribution >= 4 is 12.0 Å². The van der Waals surface area contributed by atoms with Crippen LogP contribution in [0.15, 0.2) is 6.07 Å². The van der Waals surface area contributed by atoms with E-state index < -0.39 is 23.4 Å². The molecule has 0 aromatic carbocycles. The highest BCUT2D eigenvalue weighted by Crippen LogP contribution is 2.47.